The lowest BCUT2D eigenvalue weighted by Crippen LogP contribution is -2.62. The van der Waals surface area contributed by atoms with Crippen molar-refractivity contribution in [1.82, 2.24) is 14.9 Å². The number of carbonyl (C=O) groups is 2. The first-order valence-corrected chi connectivity index (χ1v) is 11.6. The molecular formula is C24H27ClN6O3. The Bertz CT molecular complexity index is 1300. The fourth-order valence-corrected chi connectivity index (χ4v) is 5.94. The van der Waals surface area contributed by atoms with Crippen LogP contribution >= 0.6 is 11.6 Å². The van der Waals surface area contributed by atoms with Gasteiger partial charge in [-0.2, -0.15) is 5.10 Å². The first-order chi connectivity index (χ1) is 16.0. The summed E-state index contributed by atoms with van der Waals surface area (Å²) >= 11 is 6.51. The number of amides is 2. The van der Waals surface area contributed by atoms with Gasteiger partial charge in [0.2, 0.25) is 11.8 Å². The topological polar surface area (TPSA) is 142 Å². The van der Waals surface area contributed by atoms with Crippen molar-refractivity contribution in [3.63, 3.8) is 0 Å². The van der Waals surface area contributed by atoms with Gasteiger partial charge in [-0.1, -0.05) is 35.8 Å². The molecule has 3 aliphatic carbocycles. The van der Waals surface area contributed by atoms with Crippen molar-refractivity contribution < 1.29 is 14.1 Å². The fraction of sp³-hybridized carbons (Fsp3) is 0.417. The number of nitrogens with one attached hydrogen (secondary N) is 1. The van der Waals surface area contributed by atoms with E-state index in [1.807, 2.05) is 19.9 Å². The number of carbonyl (C=O) groups excluding carboxylic acids is 2. The van der Waals surface area contributed by atoms with Crippen LogP contribution in [0.2, 0.25) is 5.02 Å². The highest BCUT2D eigenvalue weighted by Crippen LogP contribution is 2.73. The molecule has 0 atom stereocenters. The molecule has 3 saturated carbocycles. The lowest BCUT2D eigenvalue weighted by Gasteiger charge is -2.68. The summed E-state index contributed by atoms with van der Waals surface area (Å²) in [4.78, 5) is 24.6. The van der Waals surface area contributed by atoms with Gasteiger partial charge in [-0.15, -0.1) is 0 Å². The Balaban J connectivity index is 1.30. The van der Waals surface area contributed by atoms with Gasteiger partial charge in [-0.25, -0.2) is 4.68 Å². The average molecular weight is 483 g/mol. The zero-order chi connectivity index (χ0) is 24.4. The van der Waals surface area contributed by atoms with E-state index in [0.29, 0.717) is 33.1 Å². The van der Waals surface area contributed by atoms with Crippen LogP contribution in [-0.2, 0) is 16.6 Å². The number of rotatable bonds is 7. The van der Waals surface area contributed by atoms with Gasteiger partial charge in [0.15, 0.2) is 0 Å². The third kappa shape index (κ3) is 3.55. The second-order valence-corrected chi connectivity index (χ2v) is 10.7. The molecule has 178 valence electrons. The Morgan fingerprint density at radius 1 is 1.26 bits per heavy atom. The fourth-order valence-electron chi connectivity index (χ4n) is 5.65. The molecule has 34 heavy (non-hydrogen) atoms. The summed E-state index contributed by atoms with van der Waals surface area (Å²) in [5.74, 6) is -0.393. The molecule has 3 aliphatic rings. The predicted molar refractivity (Wildman–Crippen MR) is 128 cm³/mol. The lowest BCUT2D eigenvalue weighted by atomic mass is 9.35. The number of hydrogen-bond acceptors (Lipinski definition) is 6. The van der Waals surface area contributed by atoms with E-state index in [9.17, 15) is 9.59 Å². The number of aromatic nitrogens is 3. The number of nitrogen functional groups attached to an aromatic ring is 1. The van der Waals surface area contributed by atoms with Crippen molar-refractivity contribution in [2.75, 3.05) is 11.1 Å². The van der Waals surface area contributed by atoms with Crippen LogP contribution in [0.1, 0.15) is 67.7 Å². The number of nitrogens with two attached hydrogens (primary N) is 2. The predicted octanol–water partition coefficient (Wildman–Crippen LogP) is 4.08. The van der Waals surface area contributed by atoms with Crippen LogP contribution in [0.15, 0.2) is 28.8 Å². The molecule has 2 amide bonds. The number of nitrogens with zero attached hydrogens (tertiary/aromatic N) is 3. The van der Waals surface area contributed by atoms with E-state index in [2.05, 4.69) is 22.5 Å². The third-order valence-corrected chi connectivity index (χ3v) is 7.26. The van der Waals surface area contributed by atoms with Crippen LogP contribution in [0, 0.1) is 5.41 Å². The van der Waals surface area contributed by atoms with E-state index in [4.69, 9.17) is 27.6 Å². The molecule has 6 rings (SSSR count). The molecule has 3 fully saturated rings. The number of benzene rings is 1. The van der Waals surface area contributed by atoms with Crippen LogP contribution in [-0.4, -0.2) is 26.8 Å². The molecule has 5 N–H and O–H groups in total. The van der Waals surface area contributed by atoms with Gasteiger partial charge < -0.3 is 16.0 Å². The zero-order valence-electron chi connectivity index (χ0n) is 19.3. The van der Waals surface area contributed by atoms with Crippen LogP contribution in [0.3, 0.4) is 0 Å². The highest BCUT2D eigenvalue weighted by atomic mass is 35.5. The number of anilines is 2. The second kappa shape index (κ2) is 7.59. The quantitative estimate of drug-likeness (QED) is 0.463. The van der Waals surface area contributed by atoms with Crippen LogP contribution in [0.5, 0.6) is 0 Å². The standard InChI is InChI=1S/C24H27ClN6O3/c1-12(2)31-21(26)19(22(27)33)20(29-31)14-5-4-13(6-15(14)25)7-17(32)28-18-8-16(30-34-18)24-9-23(3,10-24)11-24/h4-6,8,12H,7,9-11,26H2,1-3H3,(H2,27,33)(H,28,32). The lowest BCUT2D eigenvalue weighted by molar-refractivity contribution is -0.129. The summed E-state index contributed by atoms with van der Waals surface area (Å²) in [6, 6.07) is 6.89. The summed E-state index contributed by atoms with van der Waals surface area (Å²) in [5.41, 5.74) is 14.8. The molecule has 0 aliphatic heterocycles. The molecule has 10 heteroatoms. The van der Waals surface area contributed by atoms with Crippen molar-refractivity contribution in [2.45, 2.75) is 57.9 Å². The first-order valence-electron chi connectivity index (χ1n) is 11.2. The van der Waals surface area contributed by atoms with Crippen molar-refractivity contribution in [3.8, 4) is 11.3 Å². The molecule has 0 saturated heterocycles. The molecule has 0 spiro atoms. The van der Waals surface area contributed by atoms with E-state index in [1.54, 1.807) is 18.2 Å². The normalized spacial score (nSPS) is 22.9. The Labute approximate surface area is 201 Å². The van der Waals surface area contributed by atoms with E-state index in [0.717, 1.165) is 25.0 Å². The highest BCUT2D eigenvalue weighted by molar-refractivity contribution is 6.33. The molecule has 2 bridgehead atoms. The minimum atomic E-state index is -0.682. The smallest absolute Gasteiger partial charge is 0.254 e. The monoisotopic (exact) mass is 482 g/mol. The van der Waals surface area contributed by atoms with Gasteiger partial charge in [0.05, 0.1) is 17.1 Å². The van der Waals surface area contributed by atoms with Gasteiger partial charge >= 0.3 is 0 Å². The van der Waals surface area contributed by atoms with Crippen molar-refractivity contribution in [1.29, 1.82) is 0 Å². The number of halogens is 1. The first kappa shape index (κ1) is 22.5. The van der Waals surface area contributed by atoms with Gasteiger partial charge in [0, 0.05) is 23.1 Å². The van der Waals surface area contributed by atoms with Gasteiger partial charge in [0.1, 0.15) is 17.1 Å². The van der Waals surface area contributed by atoms with Gasteiger partial charge in [-0.05, 0) is 50.2 Å². The van der Waals surface area contributed by atoms with Crippen molar-refractivity contribution >= 4 is 35.1 Å². The Kier molecular flexibility index (Phi) is 5.02. The van der Waals surface area contributed by atoms with E-state index in [1.165, 1.54) is 4.68 Å². The summed E-state index contributed by atoms with van der Waals surface area (Å²) in [7, 11) is 0. The summed E-state index contributed by atoms with van der Waals surface area (Å²) in [5, 5.41) is 11.7. The Morgan fingerprint density at radius 3 is 2.56 bits per heavy atom. The minimum absolute atomic E-state index is 0.0668. The van der Waals surface area contributed by atoms with E-state index >= 15 is 0 Å². The van der Waals surface area contributed by atoms with Crippen LogP contribution in [0.4, 0.5) is 11.7 Å². The van der Waals surface area contributed by atoms with Gasteiger partial charge in [-0.3, -0.25) is 14.9 Å². The molecule has 3 aromatic rings. The van der Waals surface area contributed by atoms with Crippen molar-refractivity contribution in [2.24, 2.45) is 11.1 Å². The average Bonchev–Trinajstić information content (AvgIpc) is 3.29. The molecular weight excluding hydrogens is 456 g/mol. The highest BCUT2D eigenvalue weighted by Gasteiger charge is 2.66. The molecule has 0 radical (unpaired) electrons. The molecule has 0 unspecified atom stereocenters. The summed E-state index contributed by atoms with van der Waals surface area (Å²) in [6.45, 7) is 6.08. The molecule has 9 nitrogen and oxygen atoms in total. The third-order valence-electron chi connectivity index (χ3n) is 6.95. The minimum Gasteiger partial charge on any atom is -0.383 e. The van der Waals surface area contributed by atoms with Crippen LogP contribution in [0.25, 0.3) is 11.3 Å². The Hall–Kier alpha value is -3.33. The maximum atomic E-state index is 12.6. The summed E-state index contributed by atoms with van der Waals surface area (Å²) < 4.78 is 6.88. The summed E-state index contributed by atoms with van der Waals surface area (Å²) in [6.07, 6.45) is 3.47. The van der Waals surface area contributed by atoms with Crippen LogP contribution < -0.4 is 16.8 Å². The van der Waals surface area contributed by atoms with E-state index in [-0.39, 0.29) is 35.2 Å². The van der Waals surface area contributed by atoms with Crippen molar-refractivity contribution in [3.05, 3.63) is 46.1 Å². The number of hydrogen-bond donors (Lipinski definition) is 3. The largest absolute Gasteiger partial charge is 0.383 e. The van der Waals surface area contributed by atoms with E-state index < -0.39 is 5.91 Å². The molecule has 2 aromatic heterocycles. The second-order valence-electron chi connectivity index (χ2n) is 10.2. The maximum absolute atomic E-state index is 12.6. The molecule has 2 heterocycles. The number of primary amides is 1. The zero-order valence-corrected chi connectivity index (χ0v) is 20.1. The van der Waals surface area contributed by atoms with Gasteiger partial charge in [0.25, 0.3) is 5.91 Å². The SMILES string of the molecule is CC(C)n1nc(-c2ccc(CC(=O)Nc3cc(C45CC(C)(C4)C5)no3)cc2Cl)c(C(N)=O)c1N. The maximum Gasteiger partial charge on any atom is 0.254 e. The molecule has 1 aromatic carbocycles. The Morgan fingerprint density at radius 2 is 1.97 bits per heavy atom.